The van der Waals surface area contributed by atoms with Crippen LogP contribution in [0.2, 0.25) is 0 Å². The predicted molar refractivity (Wildman–Crippen MR) is 92.5 cm³/mol. The Balaban J connectivity index is 1.93. The first-order valence-electron chi connectivity index (χ1n) is 7.97. The molecule has 6 nitrogen and oxygen atoms in total. The fourth-order valence-corrected chi connectivity index (χ4v) is 2.79. The van der Waals surface area contributed by atoms with Gasteiger partial charge in [-0.15, -0.1) is 6.42 Å². The van der Waals surface area contributed by atoms with Crippen LogP contribution < -0.4 is 14.8 Å². The number of nitrogens with zero attached hydrogens (tertiary/aromatic N) is 1. The number of rotatable bonds is 6. The number of carbonyl (C=O) groups is 1. The molecule has 6 heteroatoms. The van der Waals surface area contributed by atoms with Crippen molar-refractivity contribution in [3.8, 4) is 23.8 Å². The SMILES string of the molecule is C#CCOCC1CCCN(C(=O)Nc2ccc(OC)c(OC)c2)C1. The van der Waals surface area contributed by atoms with E-state index in [1.54, 1.807) is 32.4 Å². The largest absolute Gasteiger partial charge is 0.493 e. The molecular weight excluding hydrogens is 308 g/mol. The van der Waals surface area contributed by atoms with Crippen LogP contribution >= 0.6 is 0 Å². The van der Waals surface area contributed by atoms with Gasteiger partial charge in [0.15, 0.2) is 11.5 Å². The number of amides is 2. The maximum absolute atomic E-state index is 12.5. The molecule has 1 aliphatic heterocycles. The van der Waals surface area contributed by atoms with Gasteiger partial charge in [-0.2, -0.15) is 0 Å². The summed E-state index contributed by atoms with van der Waals surface area (Å²) in [5.74, 6) is 3.98. The zero-order valence-corrected chi connectivity index (χ0v) is 14.2. The molecule has 1 N–H and O–H groups in total. The molecule has 1 fully saturated rings. The number of carbonyl (C=O) groups excluding carboxylic acids is 1. The Hall–Kier alpha value is -2.39. The summed E-state index contributed by atoms with van der Waals surface area (Å²) in [7, 11) is 3.14. The van der Waals surface area contributed by atoms with Crippen LogP contribution in [0.1, 0.15) is 12.8 Å². The maximum Gasteiger partial charge on any atom is 0.321 e. The summed E-state index contributed by atoms with van der Waals surface area (Å²) < 4.78 is 15.9. The van der Waals surface area contributed by atoms with Gasteiger partial charge in [0.25, 0.3) is 0 Å². The summed E-state index contributed by atoms with van der Waals surface area (Å²) in [6, 6.07) is 5.18. The van der Waals surface area contributed by atoms with Gasteiger partial charge in [0.2, 0.25) is 0 Å². The Kier molecular flexibility index (Phi) is 6.76. The third kappa shape index (κ3) is 4.80. The minimum Gasteiger partial charge on any atom is -0.493 e. The highest BCUT2D eigenvalue weighted by Gasteiger charge is 2.24. The third-order valence-corrected chi connectivity index (χ3v) is 3.98. The molecule has 2 amide bonds. The average molecular weight is 332 g/mol. The number of anilines is 1. The summed E-state index contributed by atoms with van der Waals surface area (Å²) in [5.41, 5.74) is 0.670. The quantitative estimate of drug-likeness (QED) is 0.642. The summed E-state index contributed by atoms with van der Waals surface area (Å²) >= 11 is 0. The Bertz CT molecular complexity index is 597. The van der Waals surface area contributed by atoms with E-state index in [-0.39, 0.29) is 6.03 Å². The second-order valence-corrected chi connectivity index (χ2v) is 5.67. The summed E-state index contributed by atoms with van der Waals surface area (Å²) in [6.07, 6.45) is 7.19. The van der Waals surface area contributed by atoms with Crippen LogP contribution in [0.3, 0.4) is 0 Å². The Morgan fingerprint density at radius 3 is 2.88 bits per heavy atom. The Morgan fingerprint density at radius 2 is 2.17 bits per heavy atom. The van der Waals surface area contributed by atoms with Crippen molar-refractivity contribution >= 4 is 11.7 Å². The molecule has 1 unspecified atom stereocenters. The highest BCUT2D eigenvalue weighted by molar-refractivity contribution is 5.89. The number of urea groups is 1. The van der Waals surface area contributed by atoms with Crippen molar-refractivity contribution in [1.82, 2.24) is 4.90 Å². The molecule has 0 spiro atoms. The zero-order chi connectivity index (χ0) is 17.4. The van der Waals surface area contributed by atoms with Gasteiger partial charge >= 0.3 is 6.03 Å². The number of likely N-dealkylation sites (tertiary alicyclic amines) is 1. The lowest BCUT2D eigenvalue weighted by molar-refractivity contribution is 0.0883. The van der Waals surface area contributed by atoms with Crippen LogP contribution in [0.4, 0.5) is 10.5 Å². The molecule has 0 saturated carbocycles. The number of hydrogen-bond acceptors (Lipinski definition) is 4. The first-order valence-corrected chi connectivity index (χ1v) is 7.97. The van der Waals surface area contributed by atoms with E-state index < -0.39 is 0 Å². The van der Waals surface area contributed by atoms with Gasteiger partial charge in [0, 0.05) is 30.8 Å². The van der Waals surface area contributed by atoms with Crippen molar-refractivity contribution in [3.05, 3.63) is 18.2 Å². The van der Waals surface area contributed by atoms with Crippen molar-refractivity contribution < 1.29 is 19.0 Å². The lowest BCUT2D eigenvalue weighted by Gasteiger charge is -2.32. The second kappa shape index (κ2) is 9.04. The van der Waals surface area contributed by atoms with E-state index in [0.717, 1.165) is 19.4 Å². The molecule has 1 heterocycles. The highest BCUT2D eigenvalue weighted by Crippen LogP contribution is 2.30. The number of methoxy groups -OCH3 is 2. The summed E-state index contributed by atoms with van der Waals surface area (Å²) in [6.45, 7) is 2.31. The van der Waals surface area contributed by atoms with E-state index in [1.807, 2.05) is 4.90 Å². The van der Waals surface area contributed by atoms with Gasteiger partial charge in [-0.3, -0.25) is 0 Å². The zero-order valence-electron chi connectivity index (χ0n) is 14.2. The van der Waals surface area contributed by atoms with Crippen LogP contribution in [0.5, 0.6) is 11.5 Å². The molecule has 2 rings (SSSR count). The molecule has 130 valence electrons. The van der Waals surface area contributed by atoms with Gasteiger partial charge in [0.1, 0.15) is 6.61 Å². The Morgan fingerprint density at radius 1 is 1.38 bits per heavy atom. The standard InChI is InChI=1S/C18H24N2O4/c1-4-10-24-13-14-6-5-9-20(12-14)18(21)19-15-7-8-16(22-2)17(11-15)23-3/h1,7-8,11,14H,5-6,9-10,12-13H2,2-3H3,(H,19,21). The summed E-state index contributed by atoms with van der Waals surface area (Å²) in [5, 5.41) is 2.90. The first kappa shape index (κ1) is 18.0. The van der Waals surface area contributed by atoms with Gasteiger partial charge < -0.3 is 24.4 Å². The monoisotopic (exact) mass is 332 g/mol. The molecular formula is C18H24N2O4. The smallest absolute Gasteiger partial charge is 0.321 e. The van der Waals surface area contributed by atoms with E-state index >= 15 is 0 Å². The molecule has 1 atom stereocenters. The third-order valence-electron chi connectivity index (χ3n) is 3.98. The molecule has 1 aromatic rings. The highest BCUT2D eigenvalue weighted by atomic mass is 16.5. The molecule has 1 aliphatic rings. The molecule has 24 heavy (non-hydrogen) atoms. The average Bonchev–Trinajstić information content (AvgIpc) is 2.62. The lowest BCUT2D eigenvalue weighted by Crippen LogP contribution is -2.43. The van der Waals surface area contributed by atoms with E-state index in [0.29, 0.717) is 42.9 Å². The fraction of sp³-hybridized carbons (Fsp3) is 0.500. The molecule has 1 saturated heterocycles. The van der Waals surface area contributed by atoms with Crippen LogP contribution in [0, 0.1) is 18.3 Å². The van der Waals surface area contributed by atoms with Crippen molar-refractivity contribution in [1.29, 1.82) is 0 Å². The van der Waals surface area contributed by atoms with Crippen LogP contribution in [0.15, 0.2) is 18.2 Å². The van der Waals surface area contributed by atoms with Gasteiger partial charge in [-0.05, 0) is 25.0 Å². The number of hydrogen-bond donors (Lipinski definition) is 1. The second-order valence-electron chi connectivity index (χ2n) is 5.67. The number of terminal acetylenes is 1. The van der Waals surface area contributed by atoms with Gasteiger partial charge in [-0.25, -0.2) is 4.79 Å². The van der Waals surface area contributed by atoms with E-state index in [4.69, 9.17) is 20.6 Å². The molecule has 0 aromatic heterocycles. The Labute approximate surface area is 143 Å². The minimum atomic E-state index is -0.121. The van der Waals surface area contributed by atoms with Crippen molar-refractivity contribution in [3.63, 3.8) is 0 Å². The van der Waals surface area contributed by atoms with Crippen LogP contribution in [-0.2, 0) is 4.74 Å². The molecule has 1 aromatic carbocycles. The molecule has 0 bridgehead atoms. The minimum absolute atomic E-state index is 0.121. The number of piperidine rings is 1. The van der Waals surface area contributed by atoms with E-state index in [1.165, 1.54) is 0 Å². The number of ether oxygens (including phenoxy) is 3. The molecule has 0 aliphatic carbocycles. The predicted octanol–water partition coefficient (Wildman–Crippen LogP) is 2.60. The van der Waals surface area contributed by atoms with Crippen LogP contribution in [-0.4, -0.2) is 51.5 Å². The number of nitrogens with one attached hydrogen (secondary N) is 1. The fourth-order valence-electron chi connectivity index (χ4n) is 2.79. The van der Waals surface area contributed by atoms with Crippen molar-refractivity contribution in [2.45, 2.75) is 12.8 Å². The normalized spacial score (nSPS) is 17.0. The molecule has 0 radical (unpaired) electrons. The first-order chi connectivity index (χ1) is 11.7. The topological polar surface area (TPSA) is 60.0 Å². The summed E-state index contributed by atoms with van der Waals surface area (Å²) in [4.78, 5) is 14.3. The van der Waals surface area contributed by atoms with E-state index in [2.05, 4.69) is 11.2 Å². The van der Waals surface area contributed by atoms with Crippen LogP contribution in [0.25, 0.3) is 0 Å². The van der Waals surface area contributed by atoms with Crippen molar-refractivity contribution in [2.24, 2.45) is 5.92 Å². The van der Waals surface area contributed by atoms with Crippen molar-refractivity contribution in [2.75, 3.05) is 45.8 Å². The van der Waals surface area contributed by atoms with Gasteiger partial charge in [-0.1, -0.05) is 5.92 Å². The van der Waals surface area contributed by atoms with E-state index in [9.17, 15) is 4.79 Å². The maximum atomic E-state index is 12.5. The van der Waals surface area contributed by atoms with Gasteiger partial charge in [0.05, 0.1) is 20.8 Å². The lowest BCUT2D eigenvalue weighted by atomic mass is 9.99. The number of benzene rings is 1.